The third-order valence-corrected chi connectivity index (χ3v) is 3.62. The van der Waals surface area contributed by atoms with Gasteiger partial charge in [0.25, 0.3) is 5.91 Å². The summed E-state index contributed by atoms with van der Waals surface area (Å²) in [6.45, 7) is 1.87. The number of ether oxygens (including phenoxy) is 2. The zero-order chi connectivity index (χ0) is 19.6. The highest BCUT2D eigenvalue weighted by atomic mass is 16.5. The van der Waals surface area contributed by atoms with E-state index in [9.17, 15) is 14.4 Å². The Hall–Kier alpha value is -3.19. The van der Waals surface area contributed by atoms with Crippen molar-refractivity contribution in [2.45, 2.75) is 19.9 Å². The smallest absolute Gasteiger partial charge is 0.308 e. The third kappa shape index (κ3) is 6.56. The average Bonchev–Trinajstić information content (AvgIpc) is 2.65. The SMILES string of the molecule is COCCC(=O)Nc1ccccc1CNC(=O)c1cccc(OC(C)=O)c1. The van der Waals surface area contributed by atoms with E-state index in [0.29, 0.717) is 23.6 Å². The molecule has 2 rings (SSSR count). The summed E-state index contributed by atoms with van der Waals surface area (Å²) in [5.41, 5.74) is 1.77. The molecular weight excluding hydrogens is 348 g/mol. The number of anilines is 1. The maximum Gasteiger partial charge on any atom is 0.308 e. The quantitative estimate of drug-likeness (QED) is 0.550. The second-order valence-corrected chi connectivity index (χ2v) is 5.75. The van der Waals surface area contributed by atoms with Crippen molar-refractivity contribution in [1.82, 2.24) is 5.32 Å². The summed E-state index contributed by atoms with van der Waals surface area (Å²) in [5.74, 6) is -0.624. The van der Waals surface area contributed by atoms with Crippen LogP contribution in [0.5, 0.6) is 5.75 Å². The van der Waals surface area contributed by atoms with Crippen molar-refractivity contribution in [2.75, 3.05) is 19.0 Å². The Morgan fingerprint density at radius 3 is 2.56 bits per heavy atom. The lowest BCUT2D eigenvalue weighted by Gasteiger charge is -2.12. The van der Waals surface area contributed by atoms with Gasteiger partial charge in [-0.1, -0.05) is 24.3 Å². The number of carbonyl (C=O) groups excluding carboxylic acids is 3. The van der Waals surface area contributed by atoms with Gasteiger partial charge in [0.15, 0.2) is 0 Å². The van der Waals surface area contributed by atoms with E-state index in [2.05, 4.69) is 10.6 Å². The first-order valence-corrected chi connectivity index (χ1v) is 8.43. The molecule has 0 heterocycles. The van der Waals surface area contributed by atoms with Crippen molar-refractivity contribution in [3.63, 3.8) is 0 Å². The van der Waals surface area contributed by atoms with Crippen LogP contribution in [0, 0.1) is 0 Å². The summed E-state index contributed by atoms with van der Waals surface area (Å²) in [4.78, 5) is 35.3. The third-order valence-electron chi connectivity index (χ3n) is 3.62. The lowest BCUT2D eigenvalue weighted by Crippen LogP contribution is -2.24. The number of amides is 2. The molecule has 2 amide bonds. The highest BCUT2D eigenvalue weighted by Gasteiger charge is 2.10. The zero-order valence-corrected chi connectivity index (χ0v) is 15.3. The van der Waals surface area contributed by atoms with Gasteiger partial charge in [-0.2, -0.15) is 0 Å². The lowest BCUT2D eigenvalue weighted by molar-refractivity contribution is -0.131. The Balaban J connectivity index is 2.01. The first-order chi connectivity index (χ1) is 13.0. The van der Waals surface area contributed by atoms with Crippen molar-refractivity contribution in [1.29, 1.82) is 0 Å². The minimum Gasteiger partial charge on any atom is -0.427 e. The van der Waals surface area contributed by atoms with E-state index in [4.69, 9.17) is 9.47 Å². The van der Waals surface area contributed by atoms with Crippen LogP contribution in [-0.4, -0.2) is 31.5 Å². The minimum atomic E-state index is -0.453. The van der Waals surface area contributed by atoms with Gasteiger partial charge in [-0.15, -0.1) is 0 Å². The fraction of sp³-hybridized carbons (Fsp3) is 0.250. The average molecular weight is 370 g/mol. The van der Waals surface area contributed by atoms with Crippen LogP contribution in [0.15, 0.2) is 48.5 Å². The molecule has 0 aliphatic carbocycles. The van der Waals surface area contributed by atoms with Gasteiger partial charge in [-0.3, -0.25) is 14.4 Å². The molecule has 0 saturated heterocycles. The Labute approximate surface area is 157 Å². The van der Waals surface area contributed by atoms with Gasteiger partial charge in [0, 0.05) is 31.8 Å². The molecule has 2 aromatic rings. The summed E-state index contributed by atoms with van der Waals surface area (Å²) in [5, 5.41) is 5.61. The number of methoxy groups -OCH3 is 1. The molecular formula is C20H22N2O5. The minimum absolute atomic E-state index is 0.162. The van der Waals surface area contributed by atoms with Crippen LogP contribution in [0.2, 0.25) is 0 Å². The number of benzene rings is 2. The zero-order valence-electron chi connectivity index (χ0n) is 15.3. The first kappa shape index (κ1) is 20.1. The van der Waals surface area contributed by atoms with Crippen LogP contribution < -0.4 is 15.4 Å². The van der Waals surface area contributed by atoms with Gasteiger partial charge in [-0.05, 0) is 29.8 Å². The molecule has 7 nitrogen and oxygen atoms in total. The highest BCUT2D eigenvalue weighted by Crippen LogP contribution is 2.17. The van der Waals surface area contributed by atoms with Crippen LogP contribution in [0.3, 0.4) is 0 Å². The van der Waals surface area contributed by atoms with Gasteiger partial charge in [-0.25, -0.2) is 0 Å². The fourth-order valence-corrected chi connectivity index (χ4v) is 2.35. The molecule has 0 unspecified atom stereocenters. The van der Waals surface area contributed by atoms with E-state index in [1.165, 1.54) is 20.1 Å². The van der Waals surface area contributed by atoms with E-state index in [1.54, 1.807) is 30.3 Å². The summed E-state index contributed by atoms with van der Waals surface area (Å²) >= 11 is 0. The second kappa shape index (κ2) is 10.1. The van der Waals surface area contributed by atoms with Crippen LogP contribution in [0.25, 0.3) is 0 Å². The molecule has 27 heavy (non-hydrogen) atoms. The molecule has 0 aliphatic heterocycles. The van der Waals surface area contributed by atoms with Crippen molar-refractivity contribution >= 4 is 23.5 Å². The van der Waals surface area contributed by atoms with Crippen LogP contribution in [0.4, 0.5) is 5.69 Å². The highest BCUT2D eigenvalue weighted by molar-refractivity contribution is 5.95. The molecule has 2 aromatic carbocycles. The Kier molecular flexibility index (Phi) is 7.51. The Morgan fingerprint density at radius 2 is 1.81 bits per heavy atom. The topological polar surface area (TPSA) is 93.7 Å². The lowest BCUT2D eigenvalue weighted by atomic mass is 10.1. The van der Waals surface area contributed by atoms with Gasteiger partial charge in [0.1, 0.15) is 5.75 Å². The van der Waals surface area contributed by atoms with E-state index < -0.39 is 5.97 Å². The molecule has 0 spiro atoms. The van der Waals surface area contributed by atoms with Crippen LogP contribution >= 0.6 is 0 Å². The number of esters is 1. The van der Waals surface area contributed by atoms with Crippen LogP contribution in [0.1, 0.15) is 29.3 Å². The maximum absolute atomic E-state index is 12.4. The number of para-hydroxylation sites is 1. The summed E-state index contributed by atoms with van der Waals surface area (Å²) < 4.78 is 9.88. The van der Waals surface area contributed by atoms with Crippen molar-refractivity contribution in [3.05, 3.63) is 59.7 Å². The summed E-state index contributed by atoms with van der Waals surface area (Å²) in [6, 6.07) is 13.6. The largest absolute Gasteiger partial charge is 0.427 e. The standard InChI is InChI=1S/C20H22N2O5/c1-14(23)27-17-8-5-7-15(12-17)20(25)21-13-16-6-3-4-9-18(16)22-19(24)10-11-26-2/h3-9,12H,10-11,13H2,1-2H3,(H,21,25)(H,22,24). The number of hydrogen-bond acceptors (Lipinski definition) is 5. The van der Waals surface area contributed by atoms with E-state index in [1.807, 2.05) is 12.1 Å². The van der Waals surface area contributed by atoms with Crippen LogP contribution in [-0.2, 0) is 20.9 Å². The normalized spacial score (nSPS) is 10.1. The molecule has 7 heteroatoms. The monoisotopic (exact) mass is 370 g/mol. The van der Waals surface area contributed by atoms with E-state index in [-0.39, 0.29) is 24.8 Å². The van der Waals surface area contributed by atoms with Crippen molar-refractivity contribution in [3.8, 4) is 5.75 Å². The number of hydrogen-bond donors (Lipinski definition) is 2. The second-order valence-electron chi connectivity index (χ2n) is 5.75. The van der Waals surface area contributed by atoms with Gasteiger partial charge in [0.2, 0.25) is 5.91 Å². The molecule has 142 valence electrons. The molecule has 0 aliphatic rings. The van der Waals surface area contributed by atoms with E-state index in [0.717, 1.165) is 5.56 Å². The van der Waals surface area contributed by atoms with Crippen molar-refractivity contribution in [2.24, 2.45) is 0 Å². The molecule has 0 aromatic heterocycles. The van der Waals surface area contributed by atoms with Crippen molar-refractivity contribution < 1.29 is 23.9 Å². The predicted octanol–water partition coefficient (Wildman–Crippen LogP) is 2.52. The first-order valence-electron chi connectivity index (χ1n) is 8.43. The van der Waals surface area contributed by atoms with Gasteiger partial charge >= 0.3 is 5.97 Å². The molecule has 0 atom stereocenters. The number of rotatable bonds is 8. The van der Waals surface area contributed by atoms with Gasteiger partial charge < -0.3 is 20.1 Å². The van der Waals surface area contributed by atoms with E-state index >= 15 is 0 Å². The molecule has 0 saturated carbocycles. The molecule has 2 N–H and O–H groups in total. The summed E-state index contributed by atoms with van der Waals surface area (Å²) in [6.07, 6.45) is 0.250. The maximum atomic E-state index is 12.4. The fourth-order valence-electron chi connectivity index (χ4n) is 2.35. The van der Waals surface area contributed by atoms with Gasteiger partial charge in [0.05, 0.1) is 13.0 Å². The summed E-state index contributed by atoms with van der Waals surface area (Å²) in [7, 11) is 1.53. The molecule has 0 fully saturated rings. The Morgan fingerprint density at radius 1 is 1.04 bits per heavy atom. The number of carbonyl (C=O) groups is 3. The predicted molar refractivity (Wildman–Crippen MR) is 100 cm³/mol. The number of nitrogens with one attached hydrogen (secondary N) is 2. The Bertz CT molecular complexity index is 820. The molecule has 0 bridgehead atoms. The molecule has 0 radical (unpaired) electrons.